The predicted octanol–water partition coefficient (Wildman–Crippen LogP) is 5.57. The Morgan fingerprint density at radius 3 is 2.50 bits per heavy atom. The quantitative estimate of drug-likeness (QED) is 0.492. The van der Waals surface area contributed by atoms with E-state index in [1.165, 1.54) is 23.1 Å². The lowest BCUT2D eigenvalue weighted by Crippen LogP contribution is -2.15. The molecule has 2 N–H and O–H groups in total. The summed E-state index contributed by atoms with van der Waals surface area (Å²) in [6.07, 6.45) is 1.62. The van der Waals surface area contributed by atoms with Gasteiger partial charge in [-0.25, -0.2) is 4.98 Å². The first-order chi connectivity index (χ1) is 13.5. The highest BCUT2D eigenvalue weighted by atomic mass is 35.5. The fourth-order valence-corrected chi connectivity index (χ4v) is 3.87. The van der Waals surface area contributed by atoms with Crippen LogP contribution in [0.4, 0.5) is 10.8 Å². The topological polar surface area (TPSA) is 71.1 Å². The molecular formula is C19H15Cl2N3O2S2. The molecule has 2 amide bonds. The molecule has 9 heteroatoms. The number of anilines is 2. The molecule has 0 aliphatic rings. The Labute approximate surface area is 180 Å². The minimum atomic E-state index is -0.245. The Kier molecular flexibility index (Phi) is 7.33. The number of thiazole rings is 1. The van der Waals surface area contributed by atoms with E-state index in [1.807, 2.05) is 6.07 Å². The van der Waals surface area contributed by atoms with Crippen molar-refractivity contribution in [1.82, 2.24) is 4.98 Å². The van der Waals surface area contributed by atoms with Gasteiger partial charge < -0.3 is 5.32 Å². The largest absolute Gasteiger partial charge is 0.325 e. The molecule has 3 rings (SSSR count). The molecule has 28 heavy (non-hydrogen) atoms. The highest BCUT2D eigenvalue weighted by molar-refractivity contribution is 7.99. The number of aromatic nitrogens is 1. The molecule has 1 aromatic heterocycles. The van der Waals surface area contributed by atoms with E-state index in [-0.39, 0.29) is 11.8 Å². The van der Waals surface area contributed by atoms with Crippen molar-refractivity contribution in [2.45, 2.75) is 5.75 Å². The summed E-state index contributed by atoms with van der Waals surface area (Å²) in [6.45, 7) is 0. The second-order valence-electron chi connectivity index (χ2n) is 5.66. The third kappa shape index (κ3) is 5.97. The molecule has 0 aliphatic heterocycles. The van der Waals surface area contributed by atoms with Crippen LogP contribution in [0.1, 0.15) is 15.9 Å². The molecule has 5 nitrogen and oxygen atoms in total. The summed E-state index contributed by atoms with van der Waals surface area (Å²) in [5.74, 6) is 0.585. The summed E-state index contributed by atoms with van der Waals surface area (Å²) in [7, 11) is 0. The van der Waals surface area contributed by atoms with Gasteiger partial charge in [0.2, 0.25) is 5.91 Å². The molecule has 0 bridgehead atoms. The van der Waals surface area contributed by atoms with E-state index < -0.39 is 0 Å². The SMILES string of the molecule is O=C(CSCc1ccc(Cl)c(Cl)c1)Nc1ccc(C(=O)Nc2nccs2)cc1. The molecule has 0 saturated heterocycles. The minimum Gasteiger partial charge on any atom is -0.325 e. The number of carbonyl (C=O) groups excluding carboxylic acids is 2. The van der Waals surface area contributed by atoms with Crippen molar-refractivity contribution < 1.29 is 9.59 Å². The second kappa shape index (κ2) is 9.93. The molecule has 3 aromatic rings. The molecule has 2 aromatic carbocycles. The zero-order valence-corrected chi connectivity index (χ0v) is 17.6. The third-order valence-corrected chi connectivity index (χ3v) is 6.00. The van der Waals surface area contributed by atoms with Crippen LogP contribution in [0, 0.1) is 0 Å². The predicted molar refractivity (Wildman–Crippen MR) is 118 cm³/mol. The summed E-state index contributed by atoms with van der Waals surface area (Å²) in [4.78, 5) is 28.2. The van der Waals surface area contributed by atoms with Crippen molar-refractivity contribution >= 4 is 68.9 Å². The van der Waals surface area contributed by atoms with Gasteiger partial charge in [-0.3, -0.25) is 14.9 Å². The zero-order valence-electron chi connectivity index (χ0n) is 14.4. The van der Waals surface area contributed by atoms with Crippen LogP contribution in [0.25, 0.3) is 0 Å². The van der Waals surface area contributed by atoms with Gasteiger partial charge in [-0.2, -0.15) is 0 Å². The van der Waals surface area contributed by atoms with Gasteiger partial charge in [0.05, 0.1) is 15.8 Å². The highest BCUT2D eigenvalue weighted by Crippen LogP contribution is 2.24. The van der Waals surface area contributed by atoms with E-state index in [4.69, 9.17) is 23.2 Å². The van der Waals surface area contributed by atoms with E-state index in [2.05, 4.69) is 15.6 Å². The number of nitrogens with one attached hydrogen (secondary N) is 2. The van der Waals surface area contributed by atoms with Crippen LogP contribution < -0.4 is 10.6 Å². The molecule has 0 spiro atoms. The molecular weight excluding hydrogens is 437 g/mol. The van der Waals surface area contributed by atoms with E-state index in [1.54, 1.807) is 48.0 Å². The maximum absolute atomic E-state index is 12.1. The van der Waals surface area contributed by atoms with Crippen LogP contribution in [-0.2, 0) is 10.5 Å². The third-order valence-electron chi connectivity index (χ3n) is 3.57. The normalized spacial score (nSPS) is 10.5. The van der Waals surface area contributed by atoms with E-state index in [0.717, 1.165) is 5.56 Å². The Morgan fingerprint density at radius 1 is 1.04 bits per heavy atom. The monoisotopic (exact) mass is 451 g/mol. The van der Waals surface area contributed by atoms with E-state index in [9.17, 15) is 9.59 Å². The molecule has 0 unspecified atom stereocenters. The van der Waals surface area contributed by atoms with Crippen LogP contribution in [0.15, 0.2) is 54.0 Å². The van der Waals surface area contributed by atoms with Gasteiger partial charge in [0.25, 0.3) is 5.91 Å². The van der Waals surface area contributed by atoms with Crippen LogP contribution in [-0.4, -0.2) is 22.6 Å². The van der Waals surface area contributed by atoms with Crippen LogP contribution in [0.5, 0.6) is 0 Å². The Bertz CT molecular complexity index is 964. The summed E-state index contributed by atoms with van der Waals surface area (Å²) in [5.41, 5.74) is 2.12. The van der Waals surface area contributed by atoms with Gasteiger partial charge >= 0.3 is 0 Å². The average Bonchev–Trinajstić information content (AvgIpc) is 3.18. The number of rotatable bonds is 7. The number of carbonyl (C=O) groups is 2. The summed E-state index contributed by atoms with van der Waals surface area (Å²) >= 11 is 14.7. The Morgan fingerprint density at radius 2 is 1.82 bits per heavy atom. The second-order valence-corrected chi connectivity index (χ2v) is 8.35. The molecule has 0 fully saturated rings. The first kappa shape index (κ1) is 20.7. The molecule has 0 saturated carbocycles. The van der Waals surface area contributed by atoms with Crippen LogP contribution in [0.3, 0.4) is 0 Å². The van der Waals surface area contributed by atoms with Gasteiger partial charge in [-0.05, 0) is 42.0 Å². The molecule has 1 heterocycles. The first-order valence-corrected chi connectivity index (χ1v) is 10.9. The van der Waals surface area contributed by atoms with Crippen molar-refractivity contribution in [3.63, 3.8) is 0 Å². The Hall–Kier alpha value is -2.06. The van der Waals surface area contributed by atoms with Crippen molar-refractivity contribution in [1.29, 1.82) is 0 Å². The van der Waals surface area contributed by atoms with E-state index >= 15 is 0 Å². The zero-order chi connectivity index (χ0) is 19.9. The van der Waals surface area contributed by atoms with Crippen LogP contribution in [0.2, 0.25) is 10.0 Å². The van der Waals surface area contributed by atoms with Gasteiger partial charge in [0.1, 0.15) is 0 Å². The highest BCUT2D eigenvalue weighted by Gasteiger charge is 2.09. The van der Waals surface area contributed by atoms with Gasteiger partial charge in [-0.1, -0.05) is 29.3 Å². The number of amides is 2. The fourth-order valence-electron chi connectivity index (χ4n) is 2.25. The molecule has 0 radical (unpaired) electrons. The summed E-state index contributed by atoms with van der Waals surface area (Å²) in [6, 6.07) is 12.1. The van der Waals surface area contributed by atoms with Crippen molar-refractivity contribution in [2.75, 3.05) is 16.4 Å². The fraction of sp³-hybridized carbons (Fsp3) is 0.105. The minimum absolute atomic E-state index is 0.120. The van der Waals surface area contributed by atoms with Gasteiger partial charge in [-0.15, -0.1) is 23.1 Å². The lowest BCUT2D eigenvalue weighted by Gasteiger charge is -2.07. The van der Waals surface area contributed by atoms with Gasteiger partial charge in [0.15, 0.2) is 5.13 Å². The van der Waals surface area contributed by atoms with Crippen molar-refractivity contribution in [3.8, 4) is 0 Å². The molecule has 0 aliphatic carbocycles. The van der Waals surface area contributed by atoms with Gasteiger partial charge in [0, 0.05) is 28.6 Å². The number of halogens is 2. The standard InChI is InChI=1S/C19H15Cl2N3O2S2/c20-15-6-1-12(9-16(15)21)10-27-11-17(25)23-14-4-2-13(3-5-14)18(26)24-19-22-7-8-28-19/h1-9H,10-11H2,(H,23,25)(H,22,24,26). The number of nitrogens with zero attached hydrogens (tertiary/aromatic N) is 1. The van der Waals surface area contributed by atoms with Crippen LogP contribution >= 0.6 is 46.3 Å². The molecule has 144 valence electrons. The average molecular weight is 452 g/mol. The lowest BCUT2D eigenvalue weighted by molar-refractivity contribution is -0.113. The van der Waals surface area contributed by atoms with Crippen molar-refractivity contribution in [2.24, 2.45) is 0 Å². The first-order valence-electron chi connectivity index (χ1n) is 8.14. The van der Waals surface area contributed by atoms with E-state index in [0.29, 0.717) is 37.9 Å². The number of hydrogen-bond acceptors (Lipinski definition) is 5. The number of benzene rings is 2. The lowest BCUT2D eigenvalue weighted by atomic mass is 10.2. The smallest absolute Gasteiger partial charge is 0.257 e. The van der Waals surface area contributed by atoms with Crippen molar-refractivity contribution in [3.05, 3.63) is 75.2 Å². The number of hydrogen-bond donors (Lipinski definition) is 2. The maximum Gasteiger partial charge on any atom is 0.257 e. The summed E-state index contributed by atoms with van der Waals surface area (Å²) in [5, 5.41) is 8.86. The summed E-state index contributed by atoms with van der Waals surface area (Å²) < 4.78 is 0. The molecule has 0 atom stereocenters. The maximum atomic E-state index is 12.1. The Balaban J connectivity index is 1.46. The number of thioether (sulfide) groups is 1.